The van der Waals surface area contributed by atoms with E-state index < -0.39 is 18.1 Å². The van der Waals surface area contributed by atoms with Crippen molar-refractivity contribution in [1.82, 2.24) is 5.32 Å². The molecule has 56 valence electrons. The third kappa shape index (κ3) is 1.26. The molecule has 1 heterocycles. The zero-order chi connectivity index (χ0) is 7.56. The lowest BCUT2D eigenvalue weighted by Gasteiger charge is -1.99. The Kier molecular flexibility index (Phi) is 1.89. The predicted octanol–water partition coefficient (Wildman–Crippen LogP) is 0.422. The first kappa shape index (κ1) is 7.05. The minimum Gasteiger partial charge on any atom is -0.375 e. The molecular weight excluding hydrogens is 134 g/mol. The molecule has 0 aromatic rings. The van der Waals surface area contributed by atoms with Crippen molar-refractivity contribution < 1.29 is 14.3 Å². The molecule has 4 heteroatoms. The Bertz CT molecular complexity index is 166. The molecule has 0 bridgehead atoms. The van der Waals surface area contributed by atoms with Crippen LogP contribution in [0.3, 0.4) is 0 Å². The maximum atomic E-state index is 10.7. The average Bonchev–Trinajstić information content (AvgIpc) is 2.13. The summed E-state index contributed by atoms with van der Waals surface area (Å²) in [7, 11) is 0. The molecule has 4 nitrogen and oxygen atoms in total. The molecule has 1 atom stereocenters. The summed E-state index contributed by atoms with van der Waals surface area (Å²) < 4.78 is 4.24. The van der Waals surface area contributed by atoms with Crippen LogP contribution in [0.2, 0.25) is 0 Å². The minimum absolute atomic E-state index is 0.405. The average molecular weight is 143 g/mol. The highest BCUT2D eigenvalue weighted by atomic mass is 16.6. The molecule has 0 saturated carbocycles. The van der Waals surface area contributed by atoms with Gasteiger partial charge >= 0.3 is 12.1 Å². The maximum Gasteiger partial charge on any atom is 0.415 e. The second-order valence-corrected chi connectivity index (χ2v) is 2.19. The van der Waals surface area contributed by atoms with Gasteiger partial charge in [-0.2, -0.15) is 0 Å². The molecule has 1 saturated heterocycles. The van der Waals surface area contributed by atoms with Crippen LogP contribution in [0.4, 0.5) is 4.79 Å². The summed E-state index contributed by atoms with van der Waals surface area (Å²) in [6.45, 7) is 1.94. The van der Waals surface area contributed by atoms with E-state index in [-0.39, 0.29) is 0 Å². The number of cyclic esters (lactones) is 2. The number of alkyl carbamates (subject to hydrolysis) is 1. The molecule has 10 heavy (non-hydrogen) atoms. The van der Waals surface area contributed by atoms with Gasteiger partial charge in [-0.1, -0.05) is 13.3 Å². The second-order valence-electron chi connectivity index (χ2n) is 2.19. The summed E-state index contributed by atoms with van der Waals surface area (Å²) in [6, 6.07) is -0.405. The highest BCUT2D eigenvalue weighted by Gasteiger charge is 2.30. The molecule has 1 rings (SSSR count). The standard InChI is InChI=1S/C6H9NO3/c1-2-3-4-5(8)10-6(9)7-4/h4H,2-3H2,1H3,(H,7,9)/t4-/m1/s1. The van der Waals surface area contributed by atoms with E-state index in [0.717, 1.165) is 6.42 Å². The number of ether oxygens (including phenoxy) is 1. The van der Waals surface area contributed by atoms with Crippen molar-refractivity contribution in [2.45, 2.75) is 25.8 Å². The fourth-order valence-corrected chi connectivity index (χ4v) is 0.872. The van der Waals surface area contributed by atoms with Crippen LogP contribution in [0.5, 0.6) is 0 Å². The molecule has 1 N–H and O–H groups in total. The van der Waals surface area contributed by atoms with E-state index in [1.807, 2.05) is 6.92 Å². The van der Waals surface area contributed by atoms with Crippen LogP contribution >= 0.6 is 0 Å². The summed E-state index contributed by atoms with van der Waals surface area (Å²) in [5.41, 5.74) is 0. The Labute approximate surface area is 58.5 Å². The third-order valence-corrected chi connectivity index (χ3v) is 1.35. The highest BCUT2D eigenvalue weighted by molar-refractivity contribution is 5.95. The molecule has 0 unspecified atom stereocenters. The minimum atomic E-state index is -0.622. The predicted molar refractivity (Wildman–Crippen MR) is 33.3 cm³/mol. The van der Waals surface area contributed by atoms with Gasteiger partial charge in [-0.25, -0.2) is 9.59 Å². The normalized spacial score (nSPS) is 24.3. The van der Waals surface area contributed by atoms with Crippen LogP contribution in [0, 0.1) is 0 Å². The number of esters is 1. The maximum absolute atomic E-state index is 10.7. The number of carbonyl (C=O) groups is 2. The van der Waals surface area contributed by atoms with Crippen LogP contribution in [0.15, 0.2) is 0 Å². The largest absolute Gasteiger partial charge is 0.415 e. The van der Waals surface area contributed by atoms with Crippen molar-refractivity contribution in [3.8, 4) is 0 Å². The lowest BCUT2D eigenvalue weighted by atomic mass is 10.2. The van der Waals surface area contributed by atoms with Gasteiger partial charge in [-0.3, -0.25) is 0 Å². The molecule has 1 fully saturated rings. The quantitative estimate of drug-likeness (QED) is 0.450. The molecule has 0 radical (unpaired) electrons. The van der Waals surface area contributed by atoms with Crippen LogP contribution in [0.1, 0.15) is 19.8 Å². The molecule has 0 aromatic heterocycles. The van der Waals surface area contributed by atoms with E-state index in [1.54, 1.807) is 0 Å². The summed E-state index contributed by atoms with van der Waals surface area (Å²) in [6.07, 6.45) is 0.897. The number of carbonyl (C=O) groups excluding carboxylic acids is 2. The van der Waals surface area contributed by atoms with Gasteiger partial charge in [-0.05, 0) is 6.42 Å². The van der Waals surface area contributed by atoms with Crippen molar-refractivity contribution in [1.29, 1.82) is 0 Å². The Hall–Kier alpha value is -1.06. The number of hydrogen-bond donors (Lipinski definition) is 1. The first-order chi connectivity index (χ1) is 4.74. The van der Waals surface area contributed by atoms with E-state index in [4.69, 9.17) is 0 Å². The van der Waals surface area contributed by atoms with Crippen LogP contribution < -0.4 is 5.32 Å². The van der Waals surface area contributed by atoms with Gasteiger partial charge in [0, 0.05) is 0 Å². The zero-order valence-corrected chi connectivity index (χ0v) is 5.72. The van der Waals surface area contributed by atoms with Gasteiger partial charge in [0.25, 0.3) is 0 Å². The number of nitrogens with one attached hydrogen (secondary N) is 1. The molecular formula is C6H9NO3. The van der Waals surface area contributed by atoms with Gasteiger partial charge in [0.1, 0.15) is 6.04 Å². The Morgan fingerprint density at radius 2 is 2.30 bits per heavy atom. The van der Waals surface area contributed by atoms with Crippen molar-refractivity contribution >= 4 is 12.1 Å². The molecule has 1 aliphatic heterocycles. The van der Waals surface area contributed by atoms with Gasteiger partial charge in [-0.15, -0.1) is 0 Å². The van der Waals surface area contributed by atoms with Crippen LogP contribution in [-0.2, 0) is 9.53 Å². The summed E-state index contributed by atoms with van der Waals surface area (Å²) in [4.78, 5) is 21.1. The monoisotopic (exact) mass is 143 g/mol. The molecule has 1 amide bonds. The zero-order valence-electron chi connectivity index (χ0n) is 5.72. The molecule has 1 aliphatic rings. The SMILES string of the molecule is CCC[C@H]1NC(=O)OC1=O. The fraction of sp³-hybridized carbons (Fsp3) is 0.667. The van der Waals surface area contributed by atoms with E-state index in [0.29, 0.717) is 6.42 Å². The number of amides is 1. The van der Waals surface area contributed by atoms with Crippen LogP contribution in [0.25, 0.3) is 0 Å². The highest BCUT2D eigenvalue weighted by Crippen LogP contribution is 2.05. The molecule has 0 aromatic carbocycles. The summed E-state index contributed by atoms with van der Waals surface area (Å²) in [5, 5.41) is 2.39. The van der Waals surface area contributed by atoms with Gasteiger partial charge in [0.15, 0.2) is 0 Å². The van der Waals surface area contributed by atoms with Crippen molar-refractivity contribution in [2.75, 3.05) is 0 Å². The first-order valence-electron chi connectivity index (χ1n) is 3.26. The second kappa shape index (κ2) is 2.68. The third-order valence-electron chi connectivity index (χ3n) is 1.35. The van der Waals surface area contributed by atoms with Crippen molar-refractivity contribution in [2.24, 2.45) is 0 Å². The lowest BCUT2D eigenvalue weighted by Crippen LogP contribution is -2.28. The molecule has 0 aliphatic carbocycles. The first-order valence-corrected chi connectivity index (χ1v) is 3.26. The Morgan fingerprint density at radius 1 is 1.60 bits per heavy atom. The van der Waals surface area contributed by atoms with E-state index in [2.05, 4.69) is 10.1 Å². The smallest absolute Gasteiger partial charge is 0.375 e. The summed E-state index contributed by atoms with van der Waals surface area (Å²) in [5.74, 6) is -0.452. The van der Waals surface area contributed by atoms with Crippen molar-refractivity contribution in [3.63, 3.8) is 0 Å². The van der Waals surface area contributed by atoms with E-state index >= 15 is 0 Å². The molecule has 0 spiro atoms. The fourth-order valence-electron chi connectivity index (χ4n) is 0.872. The van der Waals surface area contributed by atoms with Gasteiger partial charge < -0.3 is 10.1 Å². The van der Waals surface area contributed by atoms with Crippen molar-refractivity contribution in [3.05, 3.63) is 0 Å². The topological polar surface area (TPSA) is 55.4 Å². The Morgan fingerprint density at radius 3 is 2.70 bits per heavy atom. The van der Waals surface area contributed by atoms with E-state index in [9.17, 15) is 9.59 Å². The number of hydrogen-bond acceptors (Lipinski definition) is 3. The van der Waals surface area contributed by atoms with E-state index in [1.165, 1.54) is 0 Å². The number of rotatable bonds is 2. The van der Waals surface area contributed by atoms with Crippen LogP contribution in [-0.4, -0.2) is 18.1 Å². The summed E-state index contributed by atoms with van der Waals surface area (Å²) >= 11 is 0. The van der Waals surface area contributed by atoms with Gasteiger partial charge in [0.05, 0.1) is 0 Å². The lowest BCUT2D eigenvalue weighted by molar-refractivity contribution is -0.135. The van der Waals surface area contributed by atoms with Gasteiger partial charge in [0.2, 0.25) is 0 Å². The Balaban J connectivity index is 2.46.